The number of rotatable bonds is 0. The zero-order valence-electron chi connectivity index (χ0n) is 7.12. The van der Waals surface area contributed by atoms with Gasteiger partial charge in [-0.2, -0.15) is 5.26 Å². The number of nitriles is 1. The van der Waals surface area contributed by atoms with Gasteiger partial charge >= 0.3 is 0 Å². The van der Waals surface area contributed by atoms with Crippen LogP contribution in [0.25, 0.3) is 10.8 Å². The van der Waals surface area contributed by atoms with Crippen LogP contribution in [-0.2, 0) is 0 Å². The van der Waals surface area contributed by atoms with Crippen LogP contribution >= 0.6 is 0 Å². The van der Waals surface area contributed by atoms with Gasteiger partial charge in [-0.05, 0) is 29.3 Å². The zero-order valence-corrected chi connectivity index (χ0v) is 7.12. The molecule has 0 fully saturated rings. The van der Waals surface area contributed by atoms with Crippen molar-refractivity contribution in [2.45, 2.75) is 0 Å². The third kappa shape index (κ3) is 1.17. The summed E-state index contributed by atoms with van der Waals surface area (Å²) in [5.74, 6) is 0. The van der Waals surface area contributed by atoms with Crippen molar-refractivity contribution in [1.29, 1.82) is 5.26 Å². The first kappa shape index (κ1) is 7.82. The van der Waals surface area contributed by atoms with Gasteiger partial charge < -0.3 is 0 Å². The van der Waals surface area contributed by atoms with Gasteiger partial charge in [0.1, 0.15) is 0 Å². The maximum absolute atomic E-state index is 8.79. The van der Waals surface area contributed by atoms with Crippen molar-refractivity contribution in [3.8, 4) is 6.07 Å². The molecule has 61 valence electrons. The molecule has 2 aromatic rings. The highest BCUT2D eigenvalue weighted by Crippen LogP contribution is 2.20. The lowest BCUT2D eigenvalue weighted by Gasteiger charge is -2.02. The Labute approximate surface area is 77.2 Å². The Hall–Kier alpha value is -1.81. The minimum atomic E-state index is 0.652. The topological polar surface area (TPSA) is 23.8 Å². The summed E-state index contributed by atoms with van der Waals surface area (Å²) in [5, 5.41) is 11.0. The Bertz CT molecular complexity index is 492. The molecule has 1 nitrogen and oxygen atoms in total. The third-order valence-corrected chi connectivity index (χ3v) is 2.16. The van der Waals surface area contributed by atoms with E-state index in [1.54, 1.807) is 0 Å². The molecule has 1 heteroatoms. The van der Waals surface area contributed by atoms with E-state index in [1.165, 1.54) is 0 Å². The lowest BCUT2D eigenvalue weighted by molar-refractivity contribution is 1.48. The second-order valence-electron chi connectivity index (χ2n) is 2.92. The molecule has 0 N–H and O–H groups in total. The van der Waals surface area contributed by atoms with Crippen molar-refractivity contribution in [3.05, 3.63) is 54.4 Å². The Morgan fingerprint density at radius 1 is 1.08 bits per heavy atom. The van der Waals surface area contributed by atoms with E-state index in [-0.39, 0.29) is 0 Å². The SMILES string of the molecule is [CH2]c1c(C#N)ccc2ccccc12. The molecule has 0 heterocycles. The Morgan fingerprint density at radius 2 is 1.85 bits per heavy atom. The molecule has 0 bridgehead atoms. The monoisotopic (exact) mass is 166 g/mol. The fourth-order valence-corrected chi connectivity index (χ4v) is 1.44. The molecular weight excluding hydrogens is 158 g/mol. The Morgan fingerprint density at radius 3 is 2.62 bits per heavy atom. The van der Waals surface area contributed by atoms with Crippen LogP contribution in [-0.4, -0.2) is 0 Å². The summed E-state index contributed by atoms with van der Waals surface area (Å²) in [6, 6.07) is 13.8. The van der Waals surface area contributed by atoms with E-state index in [0.29, 0.717) is 5.56 Å². The first-order valence-corrected chi connectivity index (χ1v) is 4.07. The molecule has 0 aliphatic carbocycles. The third-order valence-electron chi connectivity index (χ3n) is 2.16. The number of benzene rings is 2. The number of fused-ring (bicyclic) bond motifs is 1. The van der Waals surface area contributed by atoms with Crippen LogP contribution in [0.1, 0.15) is 11.1 Å². The highest BCUT2D eigenvalue weighted by Gasteiger charge is 2.00. The summed E-state index contributed by atoms with van der Waals surface area (Å²) in [4.78, 5) is 0. The predicted octanol–water partition coefficient (Wildman–Crippen LogP) is 2.89. The molecule has 0 saturated carbocycles. The second kappa shape index (κ2) is 2.91. The first-order chi connectivity index (χ1) is 6.33. The first-order valence-electron chi connectivity index (χ1n) is 4.07. The normalized spacial score (nSPS) is 9.85. The summed E-state index contributed by atoms with van der Waals surface area (Å²) in [6.07, 6.45) is 0. The molecule has 0 unspecified atom stereocenters. The van der Waals surface area contributed by atoms with Crippen LogP contribution in [0.5, 0.6) is 0 Å². The maximum Gasteiger partial charge on any atom is 0.0994 e. The summed E-state index contributed by atoms with van der Waals surface area (Å²) < 4.78 is 0. The molecule has 0 aromatic heterocycles. The van der Waals surface area contributed by atoms with Crippen molar-refractivity contribution in [2.75, 3.05) is 0 Å². The lowest BCUT2D eigenvalue weighted by atomic mass is 10.0. The average molecular weight is 166 g/mol. The highest BCUT2D eigenvalue weighted by atomic mass is 14.2. The molecule has 0 aliphatic rings. The molecule has 0 spiro atoms. The summed E-state index contributed by atoms with van der Waals surface area (Å²) in [6.45, 7) is 3.90. The molecule has 1 radical (unpaired) electrons. The molecule has 0 amide bonds. The molecule has 0 aliphatic heterocycles. The van der Waals surface area contributed by atoms with Crippen molar-refractivity contribution in [1.82, 2.24) is 0 Å². The summed E-state index contributed by atoms with van der Waals surface area (Å²) in [5.41, 5.74) is 1.47. The average Bonchev–Trinajstić information content (AvgIpc) is 2.19. The predicted molar refractivity (Wildman–Crippen MR) is 53.1 cm³/mol. The van der Waals surface area contributed by atoms with Crippen LogP contribution in [0.4, 0.5) is 0 Å². The van der Waals surface area contributed by atoms with E-state index in [1.807, 2.05) is 36.4 Å². The van der Waals surface area contributed by atoms with Gasteiger partial charge in [0, 0.05) is 0 Å². The molecule has 0 atom stereocenters. The number of hydrogen-bond acceptors (Lipinski definition) is 1. The van der Waals surface area contributed by atoms with E-state index in [4.69, 9.17) is 5.26 Å². The lowest BCUT2D eigenvalue weighted by Crippen LogP contribution is -1.83. The van der Waals surface area contributed by atoms with Crippen LogP contribution < -0.4 is 0 Å². The smallest absolute Gasteiger partial charge is 0.0994 e. The van der Waals surface area contributed by atoms with E-state index in [9.17, 15) is 0 Å². The fourth-order valence-electron chi connectivity index (χ4n) is 1.44. The molecule has 0 saturated heterocycles. The van der Waals surface area contributed by atoms with Crippen molar-refractivity contribution < 1.29 is 0 Å². The standard InChI is InChI=1S/C12H8N/c1-9-11(8-13)7-6-10-4-2-3-5-12(9)10/h2-7H,1H2. The summed E-state index contributed by atoms with van der Waals surface area (Å²) in [7, 11) is 0. The van der Waals surface area contributed by atoms with Crippen molar-refractivity contribution >= 4 is 10.8 Å². The van der Waals surface area contributed by atoms with E-state index in [0.717, 1.165) is 16.3 Å². The largest absolute Gasteiger partial charge is 0.192 e. The Kier molecular flexibility index (Phi) is 1.75. The number of hydrogen-bond donors (Lipinski definition) is 0. The maximum atomic E-state index is 8.79. The second-order valence-corrected chi connectivity index (χ2v) is 2.92. The van der Waals surface area contributed by atoms with Crippen LogP contribution in [0.3, 0.4) is 0 Å². The van der Waals surface area contributed by atoms with Crippen molar-refractivity contribution in [3.63, 3.8) is 0 Å². The van der Waals surface area contributed by atoms with Gasteiger partial charge in [-0.25, -0.2) is 0 Å². The van der Waals surface area contributed by atoms with Crippen LogP contribution in [0, 0.1) is 18.3 Å². The summed E-state index contributed by atoms with van der Waals surface area (Å²) >= 11 is 0. The van der Waals surface area contributed by atoms with Gasteiger partial charge in [-0.15, -0.1) is 0 Å². The number of nitrogens with zero attached hydrogens (tertiary/aromatic N) is 1. The molecular formula is C12H8N. The van der Waals surface area contributed by atoms with Gasteiger partial charge in [0.2, 0.25) is 0 Å². The van der Waals surface area contributed by atoms with Gasteiger partial charge in [0.05, 0.1) is 11.6 Å². The zero-order chi connectivity index (χ0) is 9.26. The quantitative estimate of drug-likeness (QED) is 0.590. The van der Waals surface area contributed by atoms with Gasteiger partial charge in [0.25, 0.3) is 0 Å². The fraction of sp³-hybridized carbons (Fsp3) is 0. The Balaban J connectivity index is 2.89. The highest BCUT2D eigenvalue weighted by molar-refractivity contribution is 5.88. The van der Waals surface area contributed by atoms with Crippen molar-refractivity contribution in [2.24, 2.45) is 0 Å². The minimum Gasteiger partial charge on any atom is -0.192 e. The van der Waals surface area contributed by atoms with E-state index in [2.05, 4.69) is 13.0 Å². The van der Waals surface area contributed by atoms with Crippen LogP contribution in [0.15, 0.2) is 36.4 Å². The van der Waals surface area contributed by atoms with E-state index < -0.39 is 0 Å². The van der Waals surface area contributed by atoms with Gasteiger partial charge in [-0.1, -0.05) is 30.3 Å². The molecule has 2 aromatic carbocycles. The minimum absolute atomic E-state index is 0.652. The van der Waals surface area contributed by atoms with E-state index >= 15 is 0 Å². The molecule has 13 heavy (non-hydrogen) atoms. The molecule has 2 rings (SSSR count). The van der Waals surface area contributed by atoms with Gasteiger partial charge in [0.15, 0.2) is 0 Å². The van der Waals surface area contributed by atoms with Crippen LogP contribution in [0.2, 0.25) is 0 Å². The van der Waals surface area contributed by atoms with Gasteiger partial charge in [-0.3, -0.25) is 0 Å².